The molecule has 2 rings (SSSR count). The molecule has 2 nitrogen and oxygen atoms in total. The fraction of sp³-hybridized carbons (Fsp3) is 0.409. The van der Waals surface area contributed by atoms with E-state index in [1.54, 1.807) is 0 Å². The minimum Gasteiger partial charge on any atom is -0.507 e. The summed E-state index contributed by atoms with van der Waals surface area (Å²) in [6.45, 7) is 14.9. The van der Waals surface area contributed by atoms with Gasteiger partial charge >= 0.3 is 0 Å². The molecule has 0 saturated heterocycles. The molecular formula is C22H29NO. The Bertz CT molecular complexity index is 744. The molecule has 0 radical (unpaired) electrons. The van der Waals surface area contributed by atoms with Crippen molar-refractivity contribution in [3.63, 3.8) is 0 Å². The SMILES string of the molecule is CC(=Nc1ccccc1)c1cc(C(C)(C)C)cc(C(C)(C)C)c1O. The first-order valence-corrected chi connectivity index (χ1v) is 8.49. The van der Waals surface area contributed by atoms with Gasteiger partial charge in [-0.1, -0.05) is 65.8 Å². The van der Waals surface area contributed by atoms with E-state index in [0.717, 1.165) is 22.5 Å². The third kappa shape index (κ3) is 4.05. The van der Waals surface area contributed by atoms with Crippen LogP contribution in [0.5, 0.6) is 5.75 Å². The van der Waals surface area contributed by atoms with Crippen molar-refractivity contribution >= 4 is 11.4 Å². The summed E-state index contributed by atoms with van der Waals surface area (Å²) in [5.74, 6) is 0.340. The van der Waals surface area contributed by atoms with Gasteiger partial charge in [-0.15, -0.1) is 0 Å². The predicted molar refractivity (Wildman–Crippen MR) is 104 cm³/mol. The van der Waals surface area contributed by atoms with Gasteiger partial charge in [0, 0.05) is 16.8 Å². The van der Waals surface area contributed by atoms with Gasteiger partial charge in [-0.2, -0.15) is 0 Å². The quantitative estimate of drug-likeness (QED) is 0.663. The molecule has 0 spiro atoms. The maximum Gasteiger partial charge on any atom is 0.128 e. The van der Waals surface area contributed by atoms with Gasteiger partial charge in [-0.05, 0) is 41.5 Å². The molecule has 128 valence electrons. The van der Waals surface area contributed by atoms with E-state index < -0.39 is 0 Å². The van der Waals surface area contributed by atoms with Crippen molar-refractivity contribution < 1.29 is 5.11 Å². The lowest BCUT2D eigenvalue weighted by atomic mass is 9.78. The molecule has 0 aliphatic rings. The van der Waals surface area contributed by atoms with Gasteiger partial charge in [-0.3, -0.25) is 4.99 Å². The van der Waals surface area contributed by atoms with Crippen LogP contribution >= 0.6 is 0 Å². The molecule has 0 atom stereocenters. The molecule has 0 unspecified atom stereocenters. The van der Waals surface area contributed by atoms with Gasteiger partial charge < -0.3 is 5.11 Å². The second kappa shape index (κ2) is 6.43. The maximum atomic E-state index is 10.9. The van der Waals surface area contributed by atoms with Crippen LogP contribution in [0.2, 0.25) is 0 Å². The van der Waals surface area contributed by atoms with E-state index in [9.17, 15) is 5.11 Å². The number of nitrogens with zero attached hydrogens (tertiary/aromatic N) is 1. The van der Waals surface area contributed by atoms with Crippen LogP contribution in [0.3, 0.4) is 0 Å². The summed E-state index contributed by atoms with van der Waals surface area (Å²) in [4.78, 5) is 4.69. The Kier molecular flexibility index (Phi) is 4.89. The fourth-order valence-electron chi connectivity index (χ4n) is 2.67. The first-order valence-electron chi connectivity index (χ1n) is 8.49. The maximum absolute atomic E-state index is 10.9. The minimum atomic E-state index is -0.132. The largest absolute Gasteiger partial charge is 0.507 e. The average Bonchev–Trinajstić information content (AvgIpc) is 2.45. The van der Waals surface area contributed by atoms with Crippen molar-refractivity contribution in [1.82, 2.24) is 0 Å². The first-order chi connectivity index (χ1) is 11.0. The summed E-state index contributed by atoms with van der Waals surface area (Å²) < 4.78 is 0. The van der Waals surface area contributed by atoms with Gasteiger partial charge in [0.05, 0.1) is 5.69 Å². The van der Waals surface area contributed by atoms with Gasteiger partial charge in [0.15, 0.2) is 0 Å². The molecule has 0 bridgehead atoms. The van der Waals surface area contributed by atoms with Gasteiger partial charge in [-0.25, -0.2) is 0 Å². The molecule has 0 aliphatic heterocycles. The third-order valence-electron chi connectivity index (χ3n) is 4.23. The lowest BCUT2D eigenvalue weighted by molar-refractivity contribution is 0.443. The van der Waals surface area contributed by atoms with Crippen LogP contribution in [0.25, 0.3) is 0 Å². The number of rotatable bonds is 2. The second-order valence-electron chi connectivity index (χ2n) is 8.45. The molecule has 2 aromatic rings. The average molecular weight is 323 g/mol. The number of aromatic hydroxyl groups is 1. The van der Waals surface area contributed by atoms with E-state index in [0.29, 0.717) is 5.75 Å². The van der Waals surface area contributed by atoms with Crippen LogP contribution in [0, 0.1) is 0 Å². The van der Waals surface area contributed by atoms with Crippen molar-refractivity contribution in [1.29, 1.82) is 0 Å². The Hall–Kier alpha value is -2.09. The number of aliphatic imine (C=N–C) groups is 1. The molecule has 2 heteroatoms. The topological polar surface area (TPSA) is 32.6 Å². The number of phenolic OH excluding ortho intramolecular Hbond substituents is 1. The van der Waals surface area contributed by atoms with Gasteiger partial charge in [0.1, 0.15) is 5.75 Å². The summed E-state index contributed by atoms with van der Waals surface area (Å²) in [6, 6.07) is 14.1. The molecule has 0 aromatic heterocycles. The van der Waals surface area contributed by atoms with Crippen LogP contribution in [0.1, 0.15) is 65.2 Å². The number of hydrogen-bond donors (Lipinski definition) is 1. The Morgan fingerprint density at radius 2 is 1.46 bits per heavy atom. The molecule has 0 saturated carbocycles. The normalized spacial score (nSPS) is 13.2. The third-order valence-corrected chi connectivity index (χ3v) is 4.23. The molecule has 24 heavy (non-hydrogen) atoms. The molecule has 0 fully saturated rings. The highest BCUT2D eigenvalue weighted by Gasteiger charge is 2.25. The summed E-state index contributed by atoms with van der Waals surface area (Å²) in [7, 11) is 0. The smallest absolute Gasteiger partial charge is 0.128 e. The monoisotopic (exact) mass is 323 g/mol. The standard InChI is InChI=1S/C22H29NO/c1-15(23-17-11-9-8-10-12-17)18-13-16(21(2,3)4)14-19(20(18)24)22(5,6)7/h8-14,24H,1-7H3. The summed E-state index contributed by atoms with van der Waals surface area (Å²) in [5, 5.41) is 10.9. The Morgan fingerprint density at radius 3 is 1.96 bits per heavy atom. The van der Waals surface area contributed by atoms with Crippen molar-refractivity contribution in [2.45, 2.75) is 59.3 Å². The number of hydrogen-bond acceptors (Lipinski definition) is 2. The highest BCUT2D eigenvalue weighted by Crippen LogP contribution is 2.38. The highest BCUT2D eigenvalue weighted by molar-refractivity contribution is 6.03. The molecule has 0 heterocycles. The Labute approximate surface area is 146 Å². The Morgan fingerprint density at radius 1 is 0.875 bits per heavy atom. The summed E-state index contributed by atoms with van der Waals surface area (Å²) in [6.07, 6.45) is 0. The fourth-order valence-corrected chi connectivity index (χ4v) is 2.67. The summed E-state index contributed by atoms with van der Waals surface area (Å²) >= 11 is 0. The lowest BCUT2D eigenvalue weighted by Gasteiger charge is -2.27. The zero-order chi connectivity index (χ0) is 18.1. The van der Waals surface area contributed by atoms with Crippen LogP contribution in [0.4, 0.5) is 5.69 Å². The van der Waals surface area contributed by atoms with E-state index in [4.69, 9.17) is 4.99 Å². The van der Waals surface area contributed by atoms with E-state index >= 15 is 0 Å². The van der Waals surface area contributed by atoms with Crippen LogP contribution in [-0.4, -0.2) is 10.8 Å². The van der Waals surface area contributed by atoms with E-state index in [1.165, 1.54) is 5.56 Å². The zero-order valence-corrected chi connectivity index (χ0v) is 15.9. The van der Waals surface area contributed by atoms with E-state index in [-0.39, 0.29) is 10.8 Å². The zero-order valence-electron chi connectivity index (χ0n) is 15.9. The van der Waals surface area contributed by atoms with Gasteiger partial charge in [0.2, 0.25) is 0 Å². The van der Waals surface area contributed by atoms with Crippen molar-refractivity contribution in [2.24, 2.45) is 4.99 Å². The lowest BCUT2D eigenvalue weighted by Crippen LogP contribution is -2.18. The predicted octanol–water partition coefficient (Wildman–Crippen LogP) is 6.13. The summed E-state index contributed by atoms with van der Waals surface area (Å²) in [5.41, 5.74) is 4.59. The Balaban J connectivity index is 2.67. The van der Waals surface area contributed by atoms with Crippen molar-refractivity contribution in [3.05, 3.63) is 59.2 Å². The first kappa shape index (κ1) is 18.3. The number of phenols is 1. The van der Waals surface area contributed by atoms with Crippen LogP contribution in [-0.2, 0) is 10.8 Å². The van der Waals surface area contributed by atoms with Crippen LogP contribution < -0.4 is 0 Å². The molecule has 0 amide bonds. The van der Waals surface area contributed by atoms with Crippen molar-refractivity contribution in [3.8, 4) is 5.75 Å². The molecule has 0 aliphatic carbocycles. The molecule has 1 N–H and O–H groups in total. The number of para-hydroxylation sites is 1. The molecule has 2 aromatic carbocycles. The second-order valence-corrected chi connectivity index (χ2v) is 8.45. The van der Waals surface area contributed by atoms with Gasteiger partial charge in [0.25, 0.3) is 0 Å². The minimum absolute atomic E-state index is 0.00940. The van der Waals surface area contributed by atoms with Crippen molar-refractivity contribution in [2.75, 3.05) is 0 Å². The highest BCUT2D eigenvalue weighted by atomic mass is 16.3. The molecular weight excluding hydrogens is 294 g/mol. The van der Waals surface area contributed by atoms with Crippen LogP contribution in [0.15, 0.2) is 47.5 Å². The van der Waals surface area contributed by atoms with E-state index in [1.807, 2.05) is 37.3 Å². The van der Waals surface area contributed by atoms with E-state index in [2.05, 4.69) is 53.7 Å². The number of benzene rings is 2.